The Kier molecular flexibility index (Phi) is 4.60. The Balaban J connectivity index is 2.14. The van der Waals surface area contributed by atoms with Crippen molar-refractivity contribution < 1.29 is 0 Å². The summed E-state index contributed by atoms with van der Waals surface area (Å²) in [5.74, 6) is 6.41. The minimum absolute atomic E-state index is 0.00850. The van der Waals surface area contributed by atoms with Crippen molar-refractivity contribution in [3.63, 3.8) is 0 Å². The third kappa shape index (κ3) is 3.59. The van der Waals surface area contributed by atoms with Crippen molar-refractivity contribution in [1.29, 1.82) is 0 Å². The highest BCUT2D eigenvalue weighted by Crippen LogP contribution is 2.16. The van der Waals surface area contributed by atoms with Crippen LogP contribution in [0.15, 0.2) is 36.5 Å². The molecule has 1 aromatic carbocycles. The number of hydrogen-bond acceptors (Lipinski definition) is 4. The fraction of sp³-hybridized carbons (Fsp3) is 0.333. The maximum atomic E-state index is 5.65. The number of nitrogens with two attached hydrogens (primary N) is 1. The van der Waals surface area contributed by atoms with Crippen LogP contribution in [-0.2, 0) is 12.8 Å². The van der Waals surface area contributed by atoms with E-state index in [4.69, 9.17) is 5.84 Å². The molecule has 1 atom stereocenters. The molecule has 2 rings (SSSR count). The fourth-order valence-corrected chi connectivity index (χ4v) is 2.06. The third-order valence-electron chi connectivity index (χ3n) is 3.23. The minimum atomic E-state index is 0.00850. The number of hydrazine groups is 1. The molecular formula is C15H20N4. The summed E-state index contributed by atoms with van der Waals surface area (Å²) in [5, 5.41) is 0. The first-order valence-electron chi connectivity index (χ1n) is 6.56. The van der Waals surface area contributed by atoms with Gasteiger partial charge in [0.2, 0.25) is 0 Å². The summed E-state index contributed by atoms with van der Waals surface area (Å²) >= 11 is 0. The molecule has 0 aliphatic carbocycles. The predicted octanol–water partition coefficient (Wildman–Crippen LogP) is 2.09. The van der Waals surface area contributed by atoms with Crippen LogP contribution in [0.25, 0.3) is 0 Å². The highest BCUT2D eigenvalue weighted by Gasteiger charge is 2.12. The first kappa shape index (κ1) is 13.6. The van der Waals surface area contributed by atoms with Gasteiger partial charge in [-0.25, -0.2) is 9.97 Å². The van der Waals surface area contributed by atoms with E-state index in [-0.39, 0.29) is 6.04 Å². The average Bonchev–Trinajstić information content (AvgIpc) is 2.45. The van der Waals surface area contributed by atoms with E-state index < -0.39 is 0 Å². The Hall–Kier alpha value is -1.78. The SMILES string of the molecule is CCc1ccc(CC(NN)c2ccnc(C)n2)cc1. The number of nitrogens with zero attached hydrogens (tertiary/aromatic N) is 2. The predicted molar refractivity (Wildman–Crippen MR) is 76.4 cm³/mol. The quantitative estimate of drug-likeness (QED) is 0.635. The Morgan fingerprint density at radius 2 is 1.84 bits per heavy atom. The standard InChI is InChI=1S/C15H20N4/c1-3-12-4-6-13(7-5-12)10-15(19-16)14-8-9-17-11(2)18-14/h4-9,15,19H,3,10,16H2,1-2H3. The van der Waals surface area contributed by atoms with E-state index in [9.17, 15) is 0 Å². The monoisotopic (exact) mass is 256 g/mol. The molecule has 0 saturated heterocycles. The topological polar surface area (TPSA) is 63.8 Å². The van der Waals surface area contributed by atoms with Crippen LogP contribution < -0.4 is 11.3 Å². The third-order valence-corrected chi connectivity index (χ3v) is 3.23. The zero-order valence-electron chi connectivity index (χ0n) is 11.4. The van der Waals surface area contributed by atoms with Gasteiger partial charge >= 0.3 is 0 Å². The van der Waals surface area contributed by atoms with Gasteiger partial charge in [0.15, 0.2) is 0 Å². The molecule has 19 heavy (non-hydrogen) atoms. The van der Waals surface area contributed by atoms with E-state index in [0.29, 0.717) is 0 Å². The van der Waals surface area contributed by atoms with E-state index in [2.05, 4.69) is 46.6 Å². The zero-order chi connectivity index (χ0) is 13.7. The molecule has 1 heterocycles. The van der Waals surface area contributed by atoms with Crippen LogP contribution in [0.4, 0.5) is 0 Å². The minimum Gasteiger partial charge on any atom is -0.271 e. The van der Waals surface area contributed by atoms with Crippen LogP contribution >= 0.6 is 0 Å². The molecule has 1 aromatic heterocycles. The maximum absolute atomic E-state index is 5.65. The molecule has 4 nitrogen and oxygen atoms in total. The Morgan fingerprint density at radius 3 is 2.42 bits per heavy atom. The van der Waals surface area contributed by atoms with Crippen molar-refractivity contribution in [3.8, 4) is 0 Å². The van der Waals surface area contributed by atoms with Crippen molar-refractivity contribution in [3.05, 3.63) is 59.2 Å². The van der Waals surface area contributed by atoms with Gasteiger partial charge in [-0.3, -0.25) is 11.3 Å². The molecule has 0 radical (unpaired) electrons. The normalized spacial score (nSPS) is 12.4. The molecule has 0 fully saturated rings. The van der Waals surface area contributed by atoms with Crippen LogP contribution in [0.5, 0.6) is 0 Å². The highest BCUT2D eigenvalue weighted by atomic mass is 15.2. The molecule has 0 aliphatic rings. The molecule has 0 bridgehead atoms. The molecule has 3 N–H and O–H groups in total. The lowest BCUT2D eigenvalue weighted by Crippen LogP contribution is -2.30. The van der Waals surface area contributed by atoms with Crippen LogP contribution in [0, 0.1) is 6.92 Å². The van der Waals surface area contributed by atoms with Gasteiger partial charge in [-0.2, -0.15) is 0 Å². The second kappa shape index (κ2) is 6.41. The van der Waals surface area contributed by atoms with E-state index in [0.717, 1.165) is 24.4 Å². The van der Waals surface area contributed by atoms with Gasteiger partial charge in [-0.15, -0.1) is 0 Å². The van der Waals surface area contributed by atoms with Gasteiger partial charge < -0.3 is 0 Å². The zero-order valence-corrected chi connectivity index (χ0v) is 11.4. The number of hydrogen-bond donors (Lipinski definition) is 2. The van der Waals surface area contributed by atoms with E-state index in [1.165, 1.54) is 11.1 Å². The Morgan fingerprint density at radius 1 is 1.16 bits per heavy atom. The van der Waals surface area contributed by atoms with Gasteiger partial charge in [-0.05, 0) is 37.0 Å². The fourth-order valence-electron chi connectivity index (χ4n) is 2.06. The average molecular weight is 256 g/mol. The van der Waals surface area contributed by atoms with Crippen LogP contribution in [0.2, 0.25) is 0 Å². The van der Waals surface area contributed by atoms with Crippen molar-refractivity contribution in [2.24, 2.45) is 5.84 Å². The smallest absolute Gasteiger partial charge is 0.125 e. The van der Waals surface area contributed by atoms with Gasteiger partial charge in [0.25, 0.3) is 0 Å². The summed E-state index contributed by atoms with van der Waals surface area (Å²) in [4.78, 5) is 8.53. The van der Waals surface area contributed by atoms with Gasteiger partial charge in [0.1, 0.15) is 5.82 Å². The van der Waals surface area contributed by atoms with E-state index >= 15 is 0 Å². The second-order valence-electron chi connectivity index (χ2n) is 4.62. The molecule has 1 unspecified atom stereocenters. The molecule has 100 valence electrons. The van der Waals surface area contributed by atoms with Crippen LogP contribution in [0.3, 0.4) is 0 Å². The molecule has 0 aliphatic heterocycles. The van der Waals surface area contributed by atoms with Crippen molar-refractivity contribution in [1.82, 2.24) is 15.4 Å². The first-order valence-corrected chi connectivity index (χ1v) is 6.56. The summed E-state index contributed by atoms with van der Waals surface area (Å²) in [6.07, 6.45) is 3.64. The lowest BCUT2D eigenvalue weighted by atomic mass is 10.0. The van der Waals surface area contributed by atoms with Crippen molar-refractivity contribution >= 4 is 0 Å². The van der Waals surface area contributed by atoms with E-state index in [1.807, 2.05) is 13.0 Å². The van der Waals surface area contributed by atoms with Crippen LogP contribution in [-0.4, -0.2) is 9.97 Å². The lowest BCUT2D eigenvalue weighted by molar-refractivity contribution is 0.535. The maximum Gasteiger partial charge on any atom is 0.125 e. The molecular weight excluding hydrogens is 236 g/mol. The summed E-state index contributed by atoms with van der Waals surface area (Å²) in [6, 6.07) is 10.5. The summed E-state index contributed by atoms with van der Waals surface area (Å²) in [7, 11) is 0. The molecule has 2 aromatic rings. The van der Waals surface area contributed by atoms with Crippen molar-refractivity contribution in [2.75, 3.05) is 0 Å². The molecule has 4 heteroatoms. The number of benzene rings is 1. The number of aromatic nitrogens is 2. The van der Waals surface area contributed by atoms with Gasteiger partial charge in [-0.1, -0.05) is 31.2 Å². The lowest BCUT2D eigenvalue weighted by Gasteiger charge is -2.15. The number of nitrogens with one attached hydrogen (secondary N) is 1. The summed E-state index contributed by atoms with van der Waals surface area (Å²) in [5.41, 5.74) is 6.35. The summed E-state index contributed by atoms with van der Waals surface area (Å²) < 4.78 is 0. The number of aryl methyl sites for hydroxylation is 2. The molecule has 0 saturated carbocycles. The van der Waals surface area contributed by atoms with E-state index in [1.54, 1.807) is 6.20 Å². The first-order chi connectivity index (χ1) is 9.22. The molecule has 0 spiro atoms. The molecule has 0 amide bonds. The second-order valence-corrected chi connectivity index (χ2v) is 4.62. The van der Waals surface area contributed by atoms with Gasteiger partial charge in [0, 0.05) is 6.20 Å². The van der Waals surface area contributed by atoms with Crippen molar-refractivity contribution in [2.45, 2.75) is 32.7 Å². The highest BCUT2D eigenvalue weighted by molar-refractivity contribution is 5.24. The number of rotatable bonds is 5. The Bertz CT molecular complexity index is 522. The van der Waals surface area contributed by atoms with Crippen LogP contribution in [0.1, 0.15) is 35.6 Å². The largest absolute Gasteiger partial charge is 0.271 e. The summed E-state index contributed by atoms with van der Waals surface area (Å²) in [6.45, 7) is 4.04. The Labute approximate surface area is 114 Å². The van der Waals surface area contributed by atoms with Gasteiger partial charge in [0.05, 0.1) is 11.7 Å².